The first kappa shape index (κ1) is 24.2. The van der Waals surface area contributed by atoms with Crippen LogP contribution in [0.1, 0.15) is 110 Å². The third-order valence-corrected chi connectivity index (χ3v) is 5.58. The Balaban J connectivity index is 1.67. The molecule has 0 aromatic carbocycles. The molecule has 3 heteroatoms. The van der Waals surface area contributed by atoms with Crippen molar-refractivity contribution in [3.05, 3.63) is 18.7 Å². The van der Waals surface area contributed by atoms with Gasteiger partial charge in [-0.05, 0) is 13.0 Å². The minimum Gasteiger partial charge on any atom is -0.313 e. The fourth-order valence-corrected chi connectivity index (χ4v) is 3.77. The van der Waals surface area contributed by atoms with E-state index in [2.05, 4.69) is 47.1 Å². The van der Waals surface area contributed by atoms with Crippen LogP contribution in [0.5, 0.6) is 0 Å². The highest BCUT2D eigenvalue weighted by Crippen LogP contribution is 2.13. The molecule has 0 aliphatic rings. The second-order valence-corrected chi connectivity index (χ2v) is 8.37. The summed E-state index contributed by atoms with van der Waals surface area (Å²) < 4.78 is 4.33. The Hall–Kier alpha value is -0.830. The van der Waals surface area contributed by atoms with Crippen LogP contribution in [0.4, 0.5) is 0 Å². The van der Waals surface area contributed by atoms with Crippen LogP contribution in [0.2, 0.25) is 0 Å². The Kier molecular flexibility index (Phi) is 16.6. The summed E-state index contributed by atoms with van der Waals surface area (Å²) in [6, 6.07) is 0. The summed E-state index contributed by atoms with van der Waals surface area (Å²) in [5.41, 5.74) is 0. The number of unbranched alkanes of at least 4 members (excludes halogenated alkanes) is 15. The lowest BCUT2D eigenvalue weighted by atomic mass is 10.0. The lowest BCUT2D eigenvalue weighted by Crippen LogP contribution is -2.25. The number of rotatable bonds is 20. The molecular weight excluding hydrogens is 330 g/mol. The van der Waals surface area contributed by atoms with E-state index in [9.17, 15) is 0 Å². The van der Waals surface area contributed by atoms with Gasteiger partial charge in [-0.3, -0.25) is 0 Å². The first-order valence-electron chi connectivity index (χ1n) is 12.0. The molecular formula is C24H48N3+. The summed E-state index contributed by atoms with van der Waals surface area (Å²) in [6.07, 6.45) is 29.4. The Morgan fingerprint density at radius 1 is 0.667 bits per heavy atom. The van der Waals surface area contributed by atoms with Gasteiger partial charge in [-0.2, -0.15) is 0 Å². The van der Waals surface area contributed by atoms with Crippen molar-refractivity contribution in [1.82, 2.24) is 9.88 Å². The SMILES string of the molecule is CCCCCCCCCCCCCCCCCCNCCn1cc[n+](C)c1. The van der Waals surface area contributed by atoms with E-state index in [0.29, 0.717) is 0 Å². The number of nitrogens with zero attached hydrogens (tertiary/aromatic N) is 2. The molecule has 0 aliphatic heterocycles. The molecule has 1 heterocycles. The monoisotopic (exact) mass is 378 g/mol. The second kappa shape index (κ2) is 18.5. The van der Waals surface area contributed by atoms with Crippen LogP contribution >= 0.6 is 0 Å². The average molecular weight is 379 g/mol. The van der Waals surface area contributed by atoms with Gasteiger partial charge in [0.2, 0.25) is 6.33 Å². The van der Waals surface area contributed by atoms with Gasteiger partial charge >= 0.3 is 0 Å². The van der Waals surface area contributed by atoms with Crippen molar-refractivity contribution in [2.45, 2.75) is 116 Å². The smallest absolute Gasteiger partial charge is 0.243 e. The molecule has 0 spiro atoms. The third kappa shape index (κ3) is 15.9. The molecule has 1 N–H and O–H groups in total. The molecule has 0 atom stereocenters. The van der Waals surface area contributed by atoms with Crippen LogP contribution in [0.25, 0.3) is 0 Å². The van der Waals surface area contributed by atoms with Gasteiger partial charge in [-0.25, -0.2) is 9.13 Å². The van der Waals surface area contributed by atoms with Gasteiger partial charge in [0, 0.05) is 6.54 Å². The molecule has 0 unspecified atom stereocenters. The van der Waals surface area contributed by atoms with E-state index in [1.807, 2.05) is 0 Å². The number of aromatic nitrogens is 2. The van der Waals surface area contributed by atoms with Gasteiger partial charge < -0.3 is 5.32 Å². The van der Waals surface area contributed by atoms with Crippen LogP contribution in [-0.4, -0.2) is 17.7 Å². The van der Waals surface area contributed by atoms with E-state index in [1.54, 1.807) is 0 Å². The molecule has 0 saturated heterocycles. The van der Waals surface area contributed by atoms with Gasteiger partial charge in [-0.15, -0.1) is 0 Å². The highest BCUT2D eigenvalue weighted by atomic mass is 15.1. The van der Waals surface area contributed by atoms with Crippen molar-refractivity contribution in [3.8, 4) is 0 Å². The first-order chi connectivity index (χ1) is 13.3. The molecule has 0 amide bonds. The largest absolute Gasteiger partial charge is 0.313 e. The zero-order chi connectivity index (χ0) is 19.4. The zero-order valence-electron chi connectivity index (χ0n) is 18.6. The molecule has 0 bridgehead atoms. The van der Waals surface area contributed by atoms with E-state index in [4.69, 9.17) is 0 Å². The lowest BCUT2D eigenvalue weighted by Gasteiger charge is -2.04. The second-order valence-electron chi connectivity index (χ2n) is 8.37. The number of imidazole rings is 1. The van der Waals surface area contributed by atoms with E-state index in [-0.39, 0.29) is 0 Å². The minimum atomic E-state index is 1.07. The van der Waals surface area contributed by atoms with Crippen LogP contribution in [-0.2, 0) is 13.6 Å². The zero-order valence-corrected chi connectivity index (χ0v) is 18.6. The van der Waals surface area contributed by atoms with Gasteiger partial charge in [0.1, 0.15) is 18.9 Å². The van der Waals surface area contributed by atoms with Crippen molar-refractivity contribution < 1.29 is 4.57 Å². The van der Waals surface area contributed by atoms with E-state index < -0.39 is 0 Å². The number of hydrogen-bond donors (Lipinski definition) is 1. The van der Waals surface area contributed by atoms with Crippen LogP contribution in [0, 0.1) is 0 Å². The Morgan fingerprint density at radius 2 is 1.15 bits per heavy atom. The van der Waals surface area contributed by atoms with Crippen molar-refractivity contribution >= 4 is 0 Å². The number of hydrogen-bond acceptors (Lipinski definition) is 1. The van der Waals surface area contributed by atoms with Crippen LogP contribution in [0.15, 0.2) is 18.7 Å². The maximum absolute atomic E-state index is 3.56. The highest BCUT2D eigenvalue weighted by Gasteiger charge is 1.98. The maximum atomic E-state index is 3.56. The normalized spacial score (nSPS) is 11.3. The molecule has 27 heavy (non-hydrogen) atoms. The molecule has 0 radical (unpaired) electrons. The topological polar surface area (TPSA) is 20.8 Å². The van der Waals surface area contributed by atoms with E-state index in [0.717, 1.165) is 13.1 Å². The standard InChI is InChI=1S/C24H48N3/c1-3-4-5-6-7-8-9-10-11-12-13-14-15-16-17-18-19-25-20-21-27-23-22-26(2)24-27/h22-25H,3-21H2,1-2H3/q+1. The van der Waals surface area contributed by atoms with Crippen molar-refractivity contribution in [2.24, 2.45) is 7.05 Å². The summed E-state index contributed by atoms with van der Waals surface area (Å²) in [7, 11) is 2.07. The Labute approximate surface area is 169 Å². The fraction of sp³-hybridized carbons (Fsp3) is 0.875. The first-order valence-corrected chi connectivity index (χ1v) is 12.0. The molecule has 1 aromatic heterocycles. The molecule has 158 valence electrons. The maximum Gasteiger partial charge on any atom is 0.243 e. The predicted octanol–water partition coefficient (Wildman–Crippen LogP) is 6.16. The van der Waals surface area contributed by atoms with Crippen LogP contribution < -0.4 is 9.88 Å². The fourth-order valence-electron chi connectivity index (χ4n) is 3.77. The van der Waals surface area contributed by atoms with Crippen molar-refractivity contribution in [2.75, 3.05) is 13.1 Å². The quantitative estimate of drug-likeness (QED) is 0.213. The lowest BCUT2D eigenvalue weighted by molar-refractivity contribution is -0.671. The van der Waals surface area contributed by atoms with Gasteiger partial charge in [0.25, 0.3) is 0 Å². The third-order valence-electron chi connectivity index (χ3n) is 5.58. The summed E-state index contributed by atoms with van der Waals surface area (Å²) in [6.45, 7) is 5.61. The minimum absolute atomic E-state index is 1.07. The van der Waals surface area contributed by atoms with Gasteiger partial charge in [0.15, 0.2) is 0 Å². The number of nitrogens with one attached hydrogen (secondary N) is 1. The molecule has 0 aliphatic carbocycles. The predicted molar refractivity (Wildman–Crippen MR) is 118 cm³/mol. The summed E-state index contributed by atoms with van der Waals surface area (Å²) in [5, 5.41) is 3.56. The highest BCUT2D eigenvalue weighted by molar-refractivity contribution is 4.66. The molecule has 1 aromatic rings. The average Bonchev–Trinajstić information content (AvgIpc) is 3.09. The summed E-state index contributed by atoms with van der Waals surface area (Å²) >= 11 is 0. The number of aryl methyl sites for hydroxylation is 1. The van der Waals surface area contributed by atoms with E-state index >= 15 is 0 Å². The summed E-state index contributed by atoms with van der Waals surface area (Å²) in [4.78, 5) is 0. The van der Waals surface area contributed by atoms with Gasteiger partial charge in [0.05, 0.1) is 7.05 Å². The molecule has 0 fully saturated rings. The van der Waals surface area contributed by atoms with Crippen molar-refractivity contribution in [1.29, 1.82) is 0 Å². The Morgan fingerprint density at radius 3 is 1.59 bits per heavy atom. The molecule has 0 saturated carbocycles. The van der Waals surface area contributed by atoms with Gasteiger partial charge in [-0.1, -0.05) is 103 Å². The van der Waals surface area contributed by atoms with Crippen LogP contribution in [0.3, 0.4) is 0 Å². The summed E-state index contributed by atoms with van der Waals surface area (Å²) in [5.74, 6) is 0. The molecule has 1 rings (SSSR count). The van der Waals surface area contributed by atoms with Crippen molar-refractivity contribution in [3.63, 3.8) is 0 Å². The van der Waals surface area contributed by atoms with E-state index in [1.165, 1.54) is 109 Å². The Bertz CT molecular complexity index is 414. The molecule has 3 nitrogen and oxygen atoms in total.